The maximum absolute atomic E-state index is 13.6. The molecule has 0 bridgehead atoms. The van der Waals surface area contributed by atoms with Crippen molar-refractivity contribution in [2.24, 2.45) is 5.73 Å². The minimum absolute atomic E-state index is 0.00162. The highest BCUT2D eigenvalue weighted by molar-refractivity contribution is 6.29. The van der Waals surface area contributed by atoms with E-state index in [9.17, 15) is 9.18 Å². The van der Waals surface area contributed by atoms with E-state index in [0.717, 1.165) is 6.07 Å². The van der Waals surface area contributed by atoms with Crippen LogP contribution in [0.15, 0.2) is 30.6 Å². The minimum atomic E-state index is -0.700. The Morgan fingerprint density at radius 3 is 2.74 bits per heavy atom. The number of nitrogens with two attached hydrogens (primary N) is 1. The van der Waals surface area contributed by atoms with Gasteiger partial charge in [-0.05, 0) is 18.2 Å². The van der Waals surface area contributed by atoms with Gasteiger partial charge in [-0.2, -0.15) is 0 Å². The quantitative estimate of drug-likeness (QED) is 0.929. The van der Waals surface area contributed by atoms with Gasteiger partial charge in [0.05, 0.1) is 18.1 Å². The number of carbonyl (C=O) groups excluding carboxylic acids is 1. The van der Waals surface area contributed by atoms with Crippen LogP contribution in [0, 0.1) is 5.82 Å². The van der Waals surface area contributed by atoms with Gasteiger partial charge in [0.2, 0.25) is 5.91 Å². The predicted molar refractivity (Wildman–Crippen MR) is 66.3 cm³/mol. The van der Waals surface area contributed by atoms with Gasteiger partial charge in [-0.15, -0.1) is 0 Å². The Hall–Kier alpha value is -2.21. The van der Waals surface area contributed by atoms with E-state index in [1.807, 2.05) is 0 Å². The van der Waals surface area contributed by atoms with Gasteiger partial charge in [0, 0.05) is 5.56 Å². The highest BCUT2D eigenvalue weighted by Crippen LogP contribution is 2.19. The third-order valence-corrected chi connectivity index (χ3v) is 2.46. The number of amides is 1. The number of ether oxygens (including phenoxy) is 1. The average molecular weight is 282 g/mol. The second-order valence-electron chi connectivity index (χ2n) is 3.63. The largest absolute Gasteiger partial charge is 0.484 e. The smallest absolute Gasteiger partial charge is 0.248 e. The van der Waals surface area contributed by atoms with Crippen molar-refractivity contribution in [3.63, 3.8) is 0 Å². The summed E-state index contributed by atoms with van der Waals surface area (Å²) < 4.78 is 18.8. The Balaban J connectivity index is 2.07. The molecule has 2 rings (SSSR count). The van der Waals surface area contributed by atoms with Gasteiger partial charge in [-0.3, -0.25) is 9.78 Å². The number of rotatable bonds is 4. The fourth-order valence-electron chi connectivity index (χ4n) is 1.34. The Kier molecular flexibility index (Phi) is 3.91. The van der Waals surface area contributed by atoms with Crippen molar-refractivity contribution >= 4 is 17.5 Å². The summed E-state index contributed by atoms with van der Waals surface area (Å²) in [5.41, 5.74) is 5.62. The average Bonchev–Trinajstić information content (AvgIpc) is 2.39. The molecule has 7 heteroatoms. The third-order valence-electron chi connectivity index (χ3n) is 2.27. The van der Waals surface area contributed by atoms with Crippen LogP contribution in [0.3, 0.4) is 0 Å². The summed E-state index contributed by atoms with van der Waals surface area (Å²) in [4.78, 5) is 18.6. The first kappa shape index (κ1) is 13.2. The van der Waals surface area contributed by atoms with Crippen LogP contribution in [-0.2, 0) is 6.61 Å². The van der Waals surface area contributed by atoms with Gasteiger partial charge in [0.25, 0.3) is 0 Å². The van der Waals surface area contributed by atoms with Crippen LogP contribution < -0.4 is 10.5 Å². The molecule has 0 aliphatic carbocycles. The van der Waals surface area contributed by atoms with Crippen LogP contribution >= 0.6 is 11.6 Å². The molecule has 0 aliphatic heterocycles. The molecular weight excluding hydrogens is 273 g/mol. The zero-order valence-corrected chi connectivity index (χ0v) is 10.4. The number of nitrogens with zero attached hydrogens (tertiary/aromatic N) is 2. The summed E-state index contributed by atoms with van der Waals surface area (Å²) in [5.74, 6) is -1.37. The summed E-state index contributed by atoms with van der Waals surface area (Å²) in [5, 5.41) is 0.265. The third kappa shape index (κ3) is 3.38. The second kappa shape index (κ2) is 5.62. The zero-order valence-electron chi connectivity index (χ0n) is 9.64. The van der Waals surface area contributed by atoms with E-state index in [-0.39, 0.29) is 23.1 Å². The van der Waals surface area contributed by atoms with Gasteiger partial charge in [-0.1, -0.05) is 11.6 Å². The number of halogens is 2. The van der Waals surface area contributed by atoms with Crippen LogP contribution in [0.5, 0.6) is 5.75 Å². The molecule has 98 valence electrons. The van der Waals surface area contributed by atoms with E-state index in [4.69, 9.17) is 22.1 Å². The topological polar surface area (TPSA) is 78.1 Å². The lowest BCUT2D eigenvalue weighted by Gasteiger charge is -2.07. The first-order valence-electron chi connectivity index (χ1n) is 5.25. The maximum Gasteiger partial charge on any atom is 0.248 e. The Bertz CT molecular complexity index is 604. The normalized spacial score (nSPS) is 10.2. The van der Waals surface area contributed by atoms with Crippen molar-refractivity contribution in [2.75, 3.05) is 0 Å². The second-order valence-corrected chi connectivity index (χ2v) is 4.02. The summed E-state index contributed by atoms with van der Waals surface area (Å²) in [6.45, 7) is 0.0387. The number of primary amides is 1. The van der Waals surface area contributed by atoms with Crippen LogP contribution in [-0.4, -0.2) is 15.9 Å². The molecule has 0 spiro atoms. The van der Waals surface area contributed by atoms with Gasteiger partial charge in [-0.25, -0.2) is 9.37 Å². The highest BCUT2D eigenvalue weighted by atomic mass is 35.5. The van der Waals surface area contributed by atoms with Gasteiger partial charge in [0.15, 0.2) is 11.6 Å². The maximum atomic E-state index is 13.6. The lowest BCUT2D eigenvalue weighted by Crippen LogP contribution is -2.11. The molecule has 0 saturated heterocycles. The number of benzene rings is 1. The molecule has 0 fully saturated rings. The van der Waals surface area contributed by atoms with Crippen molar-refractivity contribution in [1.29, 1.82) is 0 Å². The van der Waals surface area contributed by atoms with E-state index in [1.54, 1.807) is 0 Å². The zero-order chi connectivity index (χ0) is 13.8. The van der Waals surface area contributed by atoms with Crippen molar-refractivity contribution in [3.8, 4) is 5.75 Å². The first-order valence-corrected chi connectivity index (χ1v) is 5.62. The lowest BCUT2D eigenvalue weighted by atomic mass is 10.2. The summed E-state index contributed by atoms with van der Waals surface area (Å²) in [6.07, 6.45) is 2.80. The predicted octanol–water partition coefficient (Wildman–Crippen LogP) is 1.95. The molecule has 0 atom stereocenters. The van der Waals surface area contributed by atoms with Crippen LogP contribution in [0.1, 0.15) is 16.1 Å². The van der Waals surface area contributed by atoms with E-state index in [2.05, 4.69) is 9.97 Å². The molecular formula is C12H9ClFN3O2. The molecule has 0 radical (unpaired) electrons. The Labute approximate surface area is 113 Å². The standard InChI is InChI=1S/C12H9ClFN3O2/c13-11-5-16-8(4-17-11)6-19-10-2-1-7(12(15)18)3-9(10)14/h1-5H,6H2,(H2,15,18). The molecule has 2 N–H and O–H groups in total. The Morgan fingerprint density at radius 2 is 2.16 bits per heavy atom. The van der Waals surface area contributed by atoms with Crippen LogP contribution in [0.4, 0.5) is 4.39 Å². The fraction of sp³-hybridized carbons (Fsp3) is 0.0833. The van der Waals surface area contributed by atoms with Gasteiger partial charge < -0.3 is 10.5 Å². The van der Waals surface area contributed by atoms with Crippen molar-refractivity contribution in [2.45, 2.75) is 6.61 Å². The van der Waals surface area contributed by atoms with Crippen molar-refractivity contribution < 1.29 is 13.9 Å². The SMILES string of the molecule is NC(=O)c1ccc(OCc2cnc(Cl)cn2)c(F)c1. The van der Waals surface area contributed by atoms with Crippen molar-refractivity contribution in [3.05, 3.63) is 52.8 Å². The summed E-state index contributed by atoms with van der Waals surface area (Å²) >= 11 is 5.58. The molecule has 1 aromatic heterocycles. The first-order chi connectivity index (χ1) is 9.06. The van der Waals surface area contributed by atoms with Crippen LogP contribution in [0.25, 0.3) is 0 Å². The number of hydrogen-bond donors (Lipinski definition) is 1. The van der Waals surface area contributed by atoms with Crippen LogP contribution in [0.2, 0.25) is 5.15 Å². The molecule has 1 heterocycles. The molecule has 0 unspecified atom stereocenters. The summed E-state index contributed by atoms with van der Waals surface area (Å²) in [7, 11) is 0. The van der Waals surface area contributed by atoms with E-state index >= 15 is 0 Å². The molecule has 1 aromatic carbocycles. The molecule has 5 nitrogen and oxygen atoms in total. The minimum Gasteiger partial charge on any atom is -0.484 e. The van der Waals surface area contributed by atoms with E-state index in [0.29, 0.717) is 5.69 Å². The Morgan fingerprint density at radius 1 is 1.37 bits per heavy atom. The monoisotopic (exact) mass is 281 g/mol. The lowest BCUT2D eigenvalue weighted by molar-refractivity contribution is 0.0999. The number of aromatic nitrogens is 2. The molecule has 1 amide bonds. The van der Waals surface area contributed by atoms with Crippen molar-refractivity contribution in [1.82, 2.24) is 9.97 Å². The van der Waals surface area contributed by atoms with Gasteiger partial charge in [0.1, 0.15) is 11.8 Å². The fourth-order valence-corrected chi connectivity index (χ4v) is 1.43. The molecule has 2 aromatic rings. The van der Waals surface area contributed by atoms with E-state index < -0.39 is 11.7 Å². The van der Waals surface area contributed by atoms with E-state index in [1.165, 1.54) is 24.5 Å². The number of carbonyl (C=O) groups is 1. The molecule has 0 aliphatic rings. The number of hydrogen-bond acceptors (Lipinski definition) is 4. The summed E-state index contributed by atoms with van der Waals surface area (Å²) in [6, 6.07) is 3.73. The highest BCUT2D eigenvalue weighted by Gasteiger charge is 2.08. The molecule has 0 saturated carbocycles. The molecule has 19 heavy (non-hydrogen) atoms. The van der Waals surface area contributed by atoms with Gasteiger partial charge >= 0.3 is 0 Å².